The van der Waals surface area contributed by atoms with Gasteiger partial charge >= 0.3 is 0 Å². The molecule has 0 spiro atoms. The first kappa shape index (κ1) is 16.5. The molecule has 0 radical (unpaired) electrons. The molecule has 1 aromatic carbocycles. The Balaban J connectivity index is 2.40. The molecule has 2 rings (SSSR count). The molecule has 3 atom stereocenters. The molecular formula is C17H27NO2S. The van der Waals surface area contributed by atoms with Crippen LogP contribution >= 0.6 is 0 Å². The molecule has 3 nitrogen and oxygen atoms in total. The Hall–Kier alpha value is -0.870. The molecule has 1 aliphatic rings. The average Bonchev–Trinajstić information content (AvgIpc) is 2.46. The number of hydrogen-bond acceptors (Lipinski definition) is 3. The maximum Gasteiger partial charge on any atom is 0.181 e. The lowest BCUT2D eigenvalue weighted by Gasteiger charge is -2.35. The number of hydrogen-bond donors (Lipinski definition) is 1. The first-order valence-electron chi connectivity index (χ1n) is 7.91. The van der Waals surface area contributed by atoms with E-state index < -0.39 is 9.84 Å². The van der Waals surface area contributed by atoms with Crippen molar-refractivity contribution >= 4 is 9.84 Å². The van der Waals surface area contributed by atoms with Crippen molar-refractivity contribution in [2.24, 2.45) is 17.6 Å². The fourth-order valence-corrected chi connectivity index (χ4v) is 5.95. The zero-order valence-corrected chi connectivity index (χ0v) is 14.1. The third kappa shape index (κ3) is 3.32. The van der Waals surface area contributed by atoms with Crippen LogP contribution in [-0.4, -0.2) is 20.2 Å². The van der Waals surface area contributed by atoms with Crippen LogP contribution in [0.2, 0.25) is 0 Å². The summed E-state index contributed by atoms with van der Waals surface area (Å²) in [5.74, 6) is 0.608. The van der Waals surface area contributed by atoms with E-state index in [-0.39, 0.29) is 11.2 Å². The summed E-state index contributed by atoms with van der Waals surface area (Å²) >= 11 is 0. The van der Waals surface area contributed by atoms with Crippen LogP contribution in [0.25, 0.3) is 0 Å². The van der Waals surface area contributed by atoms with Gasteiger partial charge in [-0.15, -0.1) is 0 Å². The molecule has 21 heavy (non-hydrogen) atoms. The van der Waals surface area contributed by atoms with Gasteiger partial charge in [-0.05, 0) is 56.7 Å². The second kappa shape index (κ2) is 6.49. The van der Waals surface area contributed by atoms with Crippen LogP contribution in [0.4, 0.5) is 0 Å². The highest BCUT2D eigenvalue weighted by Crippen LogP contribution is 2.37. The Morgan fingerprint density at radius 1 is 1.24 bits per heavy atom. The summed E-state index contributed by atoms with van der Waals surface area (Å²) in [6.45, 7) is 6.48. The quantitative estimate of drug-likeness (QED) is 0.929. The van der Waals surface area contributed by atoms with E-state index in [2.05, 4.69) is 6.92 Å². The van der Waals surface area contributed by atoms with Gasteiger partial charge in [-0.3, -0.25) is 0 Å². The Morgan fingerprint density at radius 3 is 2.52 bits per heavy atom. The zero-order chi connectivity index (χ0) is 15.6. The van der Waals surface area contributed by atoms with Crippen molar-refractivity contribution in [1.29, 1.82) is 0 Å². The maximum atomic E-state index is 13.1. The predicted molar refractivity (Wildman–Crippen MR) is 87.1 cm³/mol. The summed E-state index contributed by atoms with van der Waals surface area (Å²) in [5.41, 5.74) is 7.80. The standard InChI is InChI=1S/C17H27NO2S/c1-4-14-6-7-15(11-18)17(10-14)21(19,20)16-8-5-12(2)9-13(16)3/h5,8-9,14-15,17H,4,6-7,10-11,18H2,1-3H3. The highest BCUT2D eigenvalue weighted by molar-refractivity contribution is 7.92. The molecule has 0 aliphatic heterocycles. The molecule has 2 N–H and O–H groups in total. The highest BCUT2D eigenvalue weighted by atomic mass is 32.2. The topological polar surface area (TPSA) is 60.2 Å². The molecule has 1 saturated carbocycles. The fraction of sp³-hybridized carbons (Fsp3) is 0.647. The molecule has 3 unspecified atom stereocenters. The molecule has 0 aromatic heterocycles. The average molecular weight is 309 g/mol. The first-order chi connectivity index (χ1) is 9.90. The molecule has 4 heteroatoms. The van der Waals surface area contributed by atoms with Crippen LogP contribution in [0.15, 0.2) is 23.1 Å². The molecule has 0 bridgehead atoms. The van der Waals surface area contributed by atoms with Gasteiger partial charge in [0.1, 0.15) is 0 Å². The Kier molecular flexibility index (Phi) is 5.10. The smallest absolute Gasteiger partial charge is 0.181 e. The molecule has 0 heterocycles. The van der Waals surface area contributed by atoms with Gasteiger partial charge in [0, 0.05) is 0 Å². The van der Waals surface area contributed by atoms with Crippen LogP contribution in [0.3, 0.4) is 0 Å². The summed E-state index contributed by atoms with van der Waals surface area (Å²) in [7, 11) is -3.29. The van der Waals surface area contributed by atoms with Crippen LogP contribution < -0.4 is 5.73 Å². The van der Waals surface area contributed by atoms with Crippen LogP contribution in [-0.2, 0) is 9.84 Å². The zero-order valence-electron chi connectivity index (χ0n) is 13.3. The molecule has 1 aliphatic carbocycles. The Labute approximate surface area is 128 Å². The monoisotopic (exact) mass is 309 g/mol. The largest absolute Gasteiger partial charge is 0.330 e. The lowest BCUT2D eigenvalue weighted by molar-refractivity contribution is 0.275. The van der Waals surface area contributed by atoms with Crippen molar-refractivity contribution in [2.45, 2.75) is 56.6 Å². The number of benzene rings is 1. The highest BCUT2D eigenvalue weighted by Gasteiger charge is 2.39. The predicted octanol–water partition coefficient (Wildman–Crippen LogP) is 3.23. The lowest BCUT2D eigenvalue weighted by Crippen LogP contribution is -2.40. The lowest BCUT2D eigenvalue weighted by atomic mass is 9.80. The Bertz CT molecular complexity index is 595. The van der Waals surface area contributed by atoms with Crippen molar-refractivity contribution in [3.8, 4) is 0 Å². The van der Waals surface area contributed by atoms with E-state index in [9.17, 15) is 8.42 Å². The van der Waals surface area contributed by atoms with Crippen molar-refractivity contribution < 1.29 is 8.42 Å². The second-order valence-corrected chi connectivity index (χ2v) is 8.57. The first-order valence-corrected chi connectivity index (χ1v) is 9.46. The molecule has 118 valence electrons. The molecule has 1 fully saturated rings. The van der Waals surface area contributed by atoms with Gasteiger partial charge in [0.25, 0.3) is 0 Å². The summed E-state index contributed by atoms with van der Waals surface area (Å²) in [4.78, 5) is 0.494. The van der Waals surface area contributed by atoms with Gasteiger partial charge in [-0.1, -0.05) is 37.5 Å². The fourth-order valence-electron chi connectivity index (χ4n) is 3.58. The van der Waals surface area contributed by atoms with Crippen molar-refractivity contribution in [1.82, 2.24) is 0 Å². The van der Waals surface area contributed by atoms with Gasteiger partial charge in [0.15, 0.2) is 9.84 Å². The molecule has 0 amide bonds. The van der Waals surface area contributed by atoms with E-state index in [0.29, 0.717) is 17.4 Å². The van der Waals surface area contributed by atoms with Crippen LogP contribution in [0.5, 0.6) is 0 Å². The van der Waals surface area contributed by atoms with Gasteiger partial charge < -0.3 is 5.73 Å². The maximum absolute atomic E-state index is 13.1. The van der Waals surface area contributed by atoms with Gasteiger partial charge in [-0.25, -0.2) is 8.42 Å². The third-order valence-electron chi connectivity index (χ3n) is 4.95. The number of nitrogens with two attached hydrogens (primary N) is 1. The Morgan fingerprint density at radius 2 is 1.95 bits per heavy atom. The molecule has 1 aromatic rings. The van der Waals surface area contributed by atoms with Crippen molar-refractivity contribution in [3.05, 3.63) is 29.3 Å². The van der Waals surface area contributed by atoms with Gasteiger partial charge in [-0.2, -0.15) is 0 Å². The number of aryl methyl sites for hydroxylation is 2. The summed E-state index contributed by atoms with van der Waals surface area (Å²) in [6.07, 6.45) is 3.85. The van der Waals surface area contributed by atoms with E-state index >= 15 is 0 Å². The van der Waals surface area contributed by atoms with Crippen LogP contribution in [0.1, 0.15) is 43.7 Å². The van der Waals surface area contributed by atoms with E-state index in [0.717, 1.165) is 36.8 Å². The summed E-state index contributed by atoms with van der Waals surface area (Å²) in [5, 5.41) is -0.317. The normalized spacial score (nSPS) is 26.8. The van der Waals surface area contributed by atoms with E-state index in [1.165, 1.54) is 0 Å². The summed E-state index contributed by atoms with van der Waals surface area (Å²) in [6, 6.07) is 5.60. The minimum absolute atomic E-state index is 0.0958. The summed E-state index contributed by atoms with van der Waals surface area (Å²) < 4.78 is 26.2. The van der Waals surface area contributed by atoms with Crippen LogP contribution in [0, 0.1) is 25.7 Å². The van der Waals surface area contributed by atoms with E-state index in [1.54, 1.807) is 6.07 Å². The van der Waals surface area contributed by atoms with Gasteiger partial charge in [0.2, 0.25) is 0 Å². The van der Waals surface area contributed by atoms with Crippen molar-refractivity contribution in [3.63, 3.8) is 0 Å². The second-order valence-electron chi connectivity index (χ2n) is 6.44. The third-order valence-corrected chi connectivity index (χ3v) is 7.40. The van der Waals surface area contributed by atoms with E-state index in [1.807, 2.05) is 26.0 Å². The van der Waals surface area contributed by atoms with E-state index in [4.69, 9.17) is 5.73 Å². The van der Waals surface area contributed by atoms with Gasteiger partial charge in [0.05, 0.1) is 10.1 Å². The number of rotatable bonds is 4. The van der Waals surface area contributed by atoms with Crippen molar-refractivity contribution in [2.75, 3.05) is 6.54 Å². The molecular weight excluding hydrogens is 282 g/mol. The number of sulfone groups is 1. The minimum atomic E-state index is -3.29. The minimum Gasteiger partial charge on any atom is -0.330 e. The molecule has 0 saturated heterocycles. The SMILES string of the molecule is CCC1CCC(CN)C(S(=O)(=O)c2ccc(C)cc2C)C1.